The Balaban J connectivity index is 0. The quantitative estimate of drug-likeness (QED) is 0.518. The molecule has 0 radical (unpaired) electrons. The van der Waals surface area contributed by atoms with Gasteiger partial charge in [0.25, 0.3) is 0 Å². The van der Waals surface area contributed by atoms with Gasteiger partial charge in [-0.1, -0.05) is 13.8 Å². The molecule has 0 aromatic heterocycles. The number of aliphatic carboxylic acids is 3. The standard InChI is InChI=1S/C12H16N4O4.C4H8O2/c1-11(7-13,5-3-9(17)18)15-16-12(2,8-14)6-4-10(19)20;1-3(2)4(5)6/h3-6H2,1-2H3,(H,17,18)(H,19,20);3H,1-2H3,(H,5,6). The van der Waals surface area contributed by atoms with Gasteiger partial charge in [0.2, 0.25) is 0 Å². The number of carboxylic acids is 3. The minimum atomic E-state index is -1.35. The third kappa shape index (κ3) is 12.4. The number of rotatable bonds is 9. The van der Waals surface area contributed by atoms with Gasteiger partial charge in [-0.2, -0.15) is 20.8 Å². The smallest absolute Gasteiger partial charge is 0.305 e. The Labute approximate surface area is 151 Å². The average molecular weight is 368 g/mol. The highest BCUT2D eigenvalue weighted by Gasteiger charge is 2.29. The van der Waals surface area contributed by atoms with Gasteiger partial charge < -0.3 is 15.3 Å². The number of carboxylic acid groups (broad SMARTS) is 3. The fraction of sp³-hybridized carbons (Fsp3) is 0.688. The zero-order valence-corrected chi connectivity index (χ0v) is 15.3. The molecule has 0 aromatic rings. The summed E-state index contributed by atoms with van der Waals surface area (Å²) in [5.74, 6) is -3.09. The van der Waals surface area contributed by atoms with Crippen molar-refractivity contribution in [3.8, 4) is 12.1 Å². The van der Waals surface area contributed by atoms with E-state index in [1.807, 2.05) is 12.1 Å². The fourth-order valence-corrected chi connectivity index (χ4v) is 1.18. The van der Waals surface area contributed by atoms with E-state index in [9.17, 15) is 14.4 Å². The van der Waals surface area contributed by atoms with Crippen LogP contribution in [0.4, 0.5) is 0 Å². The summed E-state index contributed by atoms with van der Waals surface area (Å²) in [5, 5.41) is 50.7. The molecular formula is C16H24N4O6. The van der Waals surface area contributed by atoms with E-state index in [-0.39, 0.29) is 31.6 Å². The van der Waals surface area contributed by atoms with Crippen molar-refractivity contribution >= 4 is 17.9 Å². The summed E-state index contributed by atoms with van der Waals surface area (Å²) in [4.78, 5) is 30.7. The maximum Gasteiger partial charge on any atom is 0.305 e. The van der Waals surface area contributed by atoms with Crippen molar-refractivity contribution in [2.75, 3.05) is 0 Å². The van der Waals surface area contributed by atoms with E-state index in [0.717, 1.165) is 0 Å². The molecular weight excluding hydrogens is 344 g/mol. The molecule has 0 aliphatic carbocycles. The first-order chi connectivity index (χ1) is 11.8. The first-order valence-corrected chi connectivity index (χ1v) is 7.74. The van der Waals surface area contributed by atoms with Crippen molar-refractivity contribution in [3.63, 3.8) is 0 Å². The molecule has 0 rings (SSSR count). The molecule has 26 heavy (non-hydrogen) atoms. The van der Waals surface area contributed by atoms with Crippen molar-refractivity contribution in [2.24, 2.45) is 16.1 Å². The van der Waals surface area contributed by atoms with Crippen LogP contribution < -0.4 is 0 Å². The van der Waals surface area contributed by atoms with Crippen molar-refractivity contribution < 1.29 is 29.7 Å². The minimum Gasteiger partial charge on any atom is -0.481 e. The number of nitriles is 2. The molecule has 2 unspecified atom stereocenters. The van der Waals surface area contributed by atoms with Crippen LogP contribution in [-0.2, 0) is 14.4 Å². The summed E-state index contributed by atoms with van der Waals surface area (Å²) in [5.41, 5.74) is -2.69. The Kier molecular flexibility index (Phi) is 11.2. The van der Waals surface area contributed by atoms with Gasteiger partial charge >= 0.3 is 17.9 Å². The van der Waals surface area contributed by atoms with E-state index < -0.39 is 29.0 Å². The predicted molar refractivity (Wildman–Crippen MR) is 89.1 cm³/mol. The Hall–Kier alpha value is -3.01. The summed E-state index contributed by atoms with van der Waals surface area (Å²) < 4.78 is 0. The summed E-state index contributed by atoms with van der Waals surface area (Å²) in [7, 11) is 0. The van der Waals surface area contributed by atoms with Crippen LogP contribution in [0.25, 0.3) is 0 Å². The molecule has 0 fully saturated rings. The van der Waals surface area contributed by atoms with Crippen LogP contribution in [0.2, 0.25) is 0 Å². The largest absolute Gasteiger partial charge is 0.481 e. The van der Waals surface area contributed by atoms with E-state index in [4.69, 9.17) is 25.8 Å². The molecule has 144 valence electrons. The molecule has 0 bridgehead atoms. The van der Waals surface area contributed by atoms with Gasteiger partial charge in [-0.25, -0.2) is 0 Å². The van der Waals surface area contributed by atoms with Crippen molar-refractivity contribution in [1.82, 2.24) is 0 Å². The lowest BCUT2D eigenvalue weighted by atomic mass is 9.97. The lowest BCUT2D eigenvalue weighted by molar-refractivity contribution is -0.140. The van der Waals surface area contributed by atoms with Gasteiger partial charge in [-0.05, 0) is 26.7 Å². The van der Waals surface area contributed by atoms with Gasteiger partial charge in [0.1, 0.15) is 0 Å². The Morgan fingerprint density at radius 3 is 1.31 bits per heavy atom. The molecule has 10 nitrogen and oxygen atoms in total. The SMILES string of the molecule is CC(C#N)(CCC(=O)O)N=NC(C)(C#N)CCC(=O)O.CC(C)C(=O)O. The molecule has 3 N–H and O–H groups in total. The number of nitrogens with zero attached hydrogens (tertiary/aromatic N) is 4. The summed E-state index contributed by atoms with van der Waals surface area (Å²) in [6, 6.07) is 3.69. The molecule has 0 aromatic carbocycles. The van der Waals surface area contributed by atoms with E-state index in [2.05, 4.69) is 10.2 Å². The highest BCUT2D eigenvalue weighted by molar-refractivity contribution is 5.68. The molecule has 2 atom stereocenters. The van der Waals surface area contributed by atoms with Crippen LogP contribution in [0.15, 0.2) is 10.2 Å². The van der Waals surface area contributed by atoms with Crippen LogP contribution in [0.5, 0.6) is 0 Å². The molecule has 0 saturated carbocycles. The maximum atomic E-state index is 10.5. The first-order valence-electron chi connectivity index (χ1n) is 7.74. The number of hydrogen-bond donors (Lipinski definition) is 3. The highest BCUT2D eigenvalue weighted by Crippen LogP contribution is 2.23. The van der Waals surface area contributed by atoms with Gasteiger partial charge in [-0.3, -0.25) is 14.4 Å². The van der Waals surface area contributed by atoms with Crippen LogP contribution in [0.3, 0.4) is 0 Å². The second kappa shape index (κ2) is 11.5. The highest BCUT2D eigenvalue weighted by atomic mass is 16.4. The molecule has 0 aliphatic rings. The zero-order chi connectivity index (χ0) is 21.0. The molecule has 0 spiro atoms. The van der Waals surface area contributed by atoms with Crippen molar-refractivity contribution in [1.29, 1.82) is 10.5 Å². The first kappa shape index (κ1) is 25.2. The van der Waals surface area contributed by atoms with E-state index >= 15 is 0 Å². The second-order valence-electron chi connectivity index (χ2n) is 6.25. The topological polar surface area (TPSA) is 184 Å². The minimum absolute atomic E-state index is 0.0389. The monoisotopic (exact) mass is 368 g/mol. The van der Waals surface area contributed by atoms with Crippen LogP contribution >= 0.6 is 0 Å². The Morgan fingerprint density at radius 1 is 0.885 bits per heavy atom. The summed E-state index contributed by atoms with van der Waals surface area (Å²) in [6.45, 7) is 6.10. The van der Waals surface area contributed by atoms with Gasteiger partial charge in [0.05, 0.1) is 18.1 Å². The van der Waals surface area contributed by atoms with Crippen LogP contribution in [0.1, 0.15) is 53.4 Å². The van der Waals surface area contributed by atoms with Crippen LogP contribution in [-0.4, -0.2) is 44.3 Å². The number of hydrogen-bond acceptors (Lipinski definition) is 7. The third-order valence-corrected chi connectivity index (χ3v) is 3.12. The molecule has 0 amide bonds. The molecule has 10 heteroatoms. The summed E-state index contributed by atoms with van der Waals surface area (Å²) in [6.07, 6.45) is -0.575. The zero-order valence-electron chi connectivity index (χ0n) is 15.3. The average Bonchev–Trinajstić information content (AvgIpc) is 2.57. The van der Waals surface area contributed by atoms with E-state index in [1.54, 1.807) is 13.8 Å². The van der Waals surface area contributed by atoms with Gasteiger partial charge in [0, 0.05) is 12.8 Å². The van der Waals surface area contributed by atoms with E-state index in [1.165, 1.54) is 13.8 Å². The summed E-state index contributed by atoms with van der Waals surface area (Å²) >= 11 is 0. The number of azo groups is 1. The predicted octanol–water partition coefficient (Wildman–Crippen LogP) is 2.46. The molecule has 0 heterocycles. The van der Waals surface area contributed by atoms with Crippen molar-refractivity contribution in [2.45, 2.75) is 64.5 Å². The van der Waals surface area contributed by atoms with Gasteiger partial charge in [0.15, 0.2) is 11.1 Å². The lowest BCUT2D eigenvalue weighted by Crippen LogP contribution is -2.25. The second-order valence-corrected chi connectivity index (χ2v) is 6.25. The molecule has 0 saturated heterocycles. The fourth-order valence-electron chi connectivity index (χ4n) is 1.18. The van der Waals surface area contributed by atoms with Crippen LogP contribution in [0, 0.1) is 28.6 Å². The number of carbonyl (C=O) groups is 3. The Bertz CT molecular complexity index is 575. The van der Waals surface area contributed by atoms with Crippen molar-refractivity contribution in [3.05, 3.63) is 0 Å². The Morgan fingerprint density at radius 2 is 1.15 bits per heavy atom. The molecule has 0 aliphatic heterocycles. The third-order valence-electron chi connectivity index (χ3n) is 3.12. The maximum absolute atomic E-state index is 10.5. The lowest BCUT2D eigenvalue weighted by Gasteiger charge is -2.18. The van der Waals surface area contributed by atoms with Gasteiger partial charge in [-0.15, -0.1) is 0 Å². The normalized spacial score (nSPS) is 14.9. The van der Waals surface area contributed by atoms with E-state index in [0.29, 0.717) is 0 Å².